The molecule has 3 aromatic heterocycles. The van der Waals surface area contributed by atoms with Gasteiger partial charge in [-0.15, -0.1) is 10.2 Å². The van der Waals surface area contributed by atoms with Gasteiger partial charge in [-0.2, -0.15) is 14.7 Å². The Bertz CT molecular complexity index is 799. The van der Waals surface area contributed by atoms with Crippen molar-refractivity contribution >= 4 is 11.3 Å². The predicted octanol–water partition coefficient (Wildman–Crippen LogP) is 1.41. The van der Waals surface area contributed by atoms with Crippen LogP contribution in [0.3, 0.4) is 0 Å². The van der Waals surface area contributed by atoms with Crippen molar-refractivity contribution in [3.8, 4) is 0 Å². The Morgan fingerprint density at radius 3 is 2.95 bits per heavy atom. The molecule has 1 saturated carbocycles. The second-order valence-electron chi connectivity index (χ2n) is 6.02. The monoisotopic (exact) mass is 297 g/mol. The molecule has 0 amide bonds. The Morgan fingerprint density at radius 2 is 2.23 bits per heavy atom. The Kier molecular flexibility index (Phi) is 3.06. The minimum Gasteiger partial charge on any atom is -0.371 e. The molecule has 0 bridgehead atoms. The first-order valence-corrected chi connectivity index (χ1v) is 7.60. The van der Waals surface area contributed by atoms with Crippen molar-refractivity contribution in [2.45, 2.75) is 25.2 Å². The fourth-order valence-electron chi connectivity index (χ4n) is 2.71. The zero-order valence-corrected chi connectivity index (χ0v) is 12.8. The van der Waals surface area contributed by atoms with Gasteiger partial charge in [0.25, 0.3) is 0 Å². The maximum atomic E-state index is 4.61. The fraction of sp³-hybridized carbons (Fsp3) is 0.467. The van der Waals surface area contributed by atoms with E-state index in [1.54, 1.807) is 10.8 Å². The Labute approximate surface area is 128 Å². The normalized spacial score (nSPS) is 14.6. The first-order chi connectivity index (χ1) is 10.7. The highest BCUT2D eigenvalue weighted by molar-refractivity contribution is 5.68. The Balaban J connectivity index is 1.59. The van der Waals surface area contributed by atoms with Crippen LogP contribution in [0.15, 0.2) is 24.8 Å². The summed E-state index contributed by atoms with van der Waals surface area (Å²) < 4.78 is 3.63. The van der Waals surface area contributed by atoms with E-state index in [1.807, 2.05) is 17.9 Å². The molecule has 7 nitrogen and oxygen atoms in total. The van der Waals surface area contributed by atoms with Crippen molar-refractivity contribution in [2.75, 3.05) is 18.5 Å². The lowest BCUT2D eigenvalue weighted by atomic mass is 10.2. The molecule has 0 aromatic carbocycles. The number of aromatic nitrogens is 6. The SMILES string of the molecule is CN(CCc1cnn(C)c1)c1cc(C2CC2)nn2cnnc12. The van der Waals surface area contributed by atoms with Crippen LogP contribution in [0.25, 0.3) is 5.65 Å². The molecule has 0 unspecified atom stereocenters. The van der Waals surface area contributed by atoms with E-state index in [-0.39, 0.29) is 0 Å². The van der Waals surface area contributed by atoms with E-state index in [1.165, 1.54) is 18.4 Å². The van der Waals surface area contributed by atoms with Gasteiger partial charge in [0.05, 0.1) is 17.6 Å². The second kappa shape index (κ2) is 5.08. The van der Waals surface area contributed by atoms with E-state index < -0.39 is 0 Å². The van der Waals surface area contributed by atoms with Crippen molar-refractivity contribution in [2.24, 2.45) is 7.05 Å². The van der Waals surface area contributed by atoms with Gasteiger partial charge in [-0.3, -0.25) is 4.68 Å². The molecule has 3 heterocycles. The van der Waals surface area contributed by atoms with Crippen molar-refractivity contribution in [3.05, 3.63) is 36.0 Å². The topological polar surface area (TPSA) is 64.1 Å². The van der Waals surface area contributed by atoms with Gasteiger partial charge < -0.3 is 4.90 Å². The number of rotatable bonds is 5. The second-order valence-corrected chi connectivity index (χ2v) is 6.02. The van der Waals surface area contributed by atoms with Crippen LogP contribution in [-0.4, -0.2) is 43.2 Å². The highest BCUT2D eigenvalue weighted by Crippen LogP contribution is 2.40. The molecule has 3 aromatic rings. The van der Waals surface area contributed by atoms with Gasteiger partial charge in [0.15, 0.2) is 0 Å². The van der Waals surface area contributed by atoms with Crippen molar-refractivity contribution in [1.82, 2.24) is 29.6 Å². The lowest BCUT2D eigenvalue weighted by molar-refractivity contribution is 0.766. The van der Waals surface area contributed by atoms with Crippen molar-refractivity contribution in [3.63, 3.8) is 0 Å². The number of fused-ring (bicyclic) bond motifs is 1. The van der Waals surface area contributed by atoms with Gasteiger partial charge >= 0.3 is 0 Å². The summed E-state index contributed by atoms with van der Waals surface area (Å²) in [6.07, 6.45) is 9.08. The molecule has 0 N–H and O–H groups in total. The van der Waals surface area contributed by atoms with E-state index in [2.05, 4.69) is 44.6 Å². The lowest BCUT2D eigenvalue weighted by Gasteiger charge is -2.19. The van der Waals surface area contributed by atoms with Gasteiger partial charge in [0, 0.05) is 32.8 Å². The first kappa shape index (κ1) is 13.2. The molecular formula is C15H19N7. The highest BCUT2D eigenvalue weighted by atomic mass is 15.4. The summed E-state index contributed by atoms with van der Waals surface area (Å²) in [5.74, 6) is 0.609. The van der Waals surface area contributed by atoms with E-state index in [0.717, 1.165) is 30.0 Å². The van der Waals surface area contributed by atoms with Crippen molar-refractivity contribution < 1.29 is 0 Å². The average molecular weight is 297 g/mol. The largest absolute Gasteiger partial charge is 0.371 e. The molecule has 7 heteroatoms. The third-order valence-electron chi connectivity index (χ3n) is 4.17. The zero-order valence-electron chi connectivity index (χ0n) is 12.8. The smallest absolute Gasteiger partial charge is 0.200 e. The van der Waals surface area contributed by atoms with Crippen LogP contribution in [-0.2, 0) is 13.5 Å². The summed E-state index contributed by atoms with van der Waals surface area (Å²) in [6.45, 7) is 0.905. The fourth-order valence-corrected chi connectivity index (χ4v) is 2.71. The first-order valence-electron chi connectivity index (χ1n) is 7.60. The third-order valence-corrected chi connectivity index (χ3v) is 4.17. The molecule has 0 atom stereocenters. The molecule has 0 aliphatic heterocycles. The van der Waals surface area contributed by atoms with E-state index >= 15 is 0 Å². The lowest BCUT2D eigenvalue weighted by Crippen LogP contribution is -2.21. The summed E-state index contributed by atoms with van der Waals surface area (Å²) in [7, 11) is 4.04. The molecule has 1 fully saturated rings. The van der Waals surface area contributed by atoms with Crippen LogP contribution in [0.1, 0.15) is 30.0 Å². The summed E-state index contributed by atoms with van der Waals surface area (Å²) >= 11 is 0. The minimum atomic E-state index is 0.609. The number of hydrogen-bond donors (Lipinski definition) is 0. The van der Waals surface area contributed by atoms with Gasteiger partial charge in [0.1, 0.15) is 6.33 Å². The van der Waals surface area contributed by atoms with Crippen LogP contribution in [0.4, 0.5) is 5.69 Å². The summed E-state index contributed by atoms with van der Waals surface area (Å²) in [5.41, 5.74) is 4.30. The number of anilines is 1. The van der Waals surface area contributed by atoms with E-state index in [0.29, 0.717) is 5.92 Å². The van der Waals surface area contributed by atoms with E-state index in [4.69, 9.17) is 0 Å². The Morgan fingerprint density at radius 1 is 1.36 bits per heavy atom. The maximum absolute atomic E-state index is 4.61. The number of likely N-dealkylation sites (N-methyl/N-ethyl adjacent to an activating group) is 1. The predicted molar refractivity (Wildman–Crippen MR) is 82.9 cm³/mol. The van der Waals surface area contributed by atoms with Gasteiger partial charge in [-0.05, 0) is 30.9 Å². The molecule has 1 aliphatic carbocycles. The number of nitrogens with zero attached hydrogens (tertiary/aromatic N) is 7. The van der Waals surface area contributed by atoms with Crippen LogP contribution >= 0.6 is 0 Å². The summed E-state index contributed by atoms with van der Waals surface area (Å²) in [6, 6.07) is 2.17. The molecule has 0 saturated heterocycles. The summed E-state index contributed by atoms with van der Waals surface area (Å²) in [4.78, 5) is 2.23. The summed E-state index contributed by atoms with van der Waals surface area (Å²) in [5, 5.41) is 17.0. The van der Waals surface area contributed by atoms with Gasteiger partial charge in [-0.1, -0.05) is 0 Å². The zero-order chi connectivity index (χ0) is 15.1. The third kappa shape index (κ3) is 2.43. The van der Waals surface area contributed by atoms with E-state index in [9.17, 15) is 0 Å². The van der Waals surface area contributed by atoms with Crippen LogP contribution < -0.4 is 4.90 Å². The minimum absolute atomic E-state index is 0.609. The van der Waals surface area contributed by atoms with Crippen LogP contribution in [0.5, 0.6) is 0 Å². The molecule has 0 radical (unpaired) electrons. The van der Waals surface area contributed by atoms with Crippen LogP contribution in [0.2, 0.25) is 0 Å². The average Bonchev–Trinajstić information content (AvgIpc) is 3.11. The quantitative estimate of drug-likeness (QED) is 0.712. The molecular weight excluding hydrogens is 278 g/mol. The molecule has 114 valence electrons. The highest BCUT2D eigenvalue weighted by Gasteiger charge is 2.27. The Hall–Kier alpha value is -2.44. The molecule has 4 rings (SSSR count). The number of hydrogen-bond acceptors (Lipinski definition) is 5. The molecule has 0 spiro atoms. The van der Waals surface area contributed by atoms with Crippen LogP contribution in [0, 0.1) is 0 Å². The molecule has 22 heavy (non-hydrogen) atoms. The van der Waals surface area contributed by atoms with Gasteiger partial charge in [0.2, 0.25) is 5.65 Å². The van der Waals surface area contributed by atoms with Crippen molar-refractivity contribution in [1.29, 1.82) is 0 Å². The molecule has 1 aliphatic rings. The number of aryl methyl sites for hydroxylation is 1. The maximum Gasteiger partial charge on any atom is 0.200 e. The standard InChI is InChI=1S/C15H19N7/c1-20(6-5-11-8-17-21(2)9-11)14-7-13(12-3-4-12)19-22-10-16-18-15(14)22/h7-10,12H,3-6H2,1-2H3. The van der Waals surface area contributed by atoms with Gasteiger partial charge in [-0.25, -0.2) is 0 Å².